The second-order valence-electron chi connectivity index (χ2n) is 7.44. The first-order valence-corrected chi connectivity index (χ1v) is 10.5. The number of nitrogens with zero attached hydrogens (tertiary/aromatic N) is 3. The van der Waals surface area contributed by atoms with Crippen molar-refractivity contribution in [2.24, 2.45) is 0 Å². The summed E-state index contributed by atoms with van der Waals surface area (Å²) in [6, 6.07) is 15.0. The number of halogens is 2. The highest BCUT2D eigenvalue weighted by Crippen LogP contribution is 2.30. The molecule has 0 atom stereocenters. The number of amides is 4. The molecule has 1 aliphatic rings. The predicted octanol–water partition coefficient (Wildman–Crippen LogP) is 5.41. The van der Waals surface area contributed by atoms with Gasteiger partial charge in [-0.1, -0.05) is 41.4 Å². The van der Waals surface area contributed by atoms with Crippen molar-refractivity contribution in [2.45, 2.75) is 13.8 Å². The van der Waals surface area contributed by atoms with Crippen molar-refractivity contribution < 1.29 is 14.4 Å². The maximum absolute atomic E-state index is 13.2. The smallest absolute Gasteiger partial charge is 0.318 e. The lowest BCUT2D eigenvalue weighted by atomic mass is 10.1. The number of para-hydroxylation sites is 1. The van der Waals surface area contributed by atoms with Gasteiger partial charge < -0.3 is 4.57 Å². The second kappa shape index (κ2) is 8.30. The van der Waals surface area contributed by atoms with E-state index in [1.54, 1.807) is 42.5 Å². The van der Waals surface area contributed by atoms with E-state index < -0.39 is 17.8 Å². The Morgan fingerprint density at radius 3 is 2.16 bits per heavy atom. The molecule has 0 aliphatic carbocycles. The normalized spacial score (nSPS) is 15.8. The molecular weight excluding hydrogens is 449 g/mol. The first-order valence-electron chi connectivity index (χ1n) is 9.78. The number of benzene rings is 2. The molecule has 6 nitrogen and oxygen atoms in total. The summed E-state index contributed by atoms with van der Waals surface area (Å²) in [5.74, 6) is -1.31. The lowest BCUT2D eigenvalue weighted by molar-refractivity contribution is -0.128. The molecule has 32 heavy (non-hydrogen) atoms. The zero-order valence-electron chi connectivity index (χ0n) is 17.6. The Hall–Kier alpha value is -3.35. The summed E-state index contributed by atoms with van der Waals surface area (Å²) in [7, 11) is 1.36. The summed E-state index contributed by atoms with van der Waals surface area (Å²) in [5.41, 5.74) is 3.48. The van der Waals surface area contributed by atoms with E-state index in [9.17, 15) is 14.4 Å². The topological polar surface area (TPSA) is 62.6 Å². The molecule has 1 fully saturated rings. The number of barbiturate groups is 1. The first kappa shape index (κ1) is 21.9. The molecule has 0 N–H and O–H groups in total. The van der Waals surface area contributed by atoms with E-state index in [4.69, 9.17) is 23.2 Å². The van der Waals surface area contributed by atoms with Crippen molar-refractivity contribution in [3.8, 4) is 5.69 Å². The van der Waals surface area contributed by atoms with Crippen LogP contribution in [0.3, 0.4) is 0 Å². The van der Waals surface area contributed by atoms with Crippen LogP contribution in [0.15, 0.2) is 60.2 Å². The molecule has 1 aromatic heterocycles. The lowest BCUT2D eigenvalue weighted by Gasteiger charge is -2.31. The van der Waals surface area contributed by atoms with Crippen LogP contribution >= 0.6 is 23.2 Å². The predicted molar refractivity (Wildman–Crippen MR) is 125 cm³/mol. The van der Waals surface area contributed by atoms with Crippen LogP contribution in [0, 0.1) is 13.8 Å². The number of rotatable bonds is 3. The third-order valence-electron chi connectivity index (χ3n) is 5.39. The summed E-state index contributed by atoms with van der Waals surface area (Å²) >= 11 is 12.2. The number of hydrogen-bond acceptors (Lipinski definition) is 3. The summed E-state index contributed by atoms with van der Waals surface area (Å²) in [6.07, 6.45) is 1.53. The molecule has 1 saturated heterocycles. The van der Waals surface area contributed by atoms with Gasteiger partial charge in [0.1, 0.15) is 5.57 Å². The van der Waals surface area contributed by atoms with Crippen LogP contribution < -0.4 is 4.90 Å². The molecule has 0 unspecified atom stereocenters. The molecule has 2 heterocycles. The maximum Gasteiger partial charge on any atom is 0.338 e. The van der Waals surface area contributed by atoms with Crippen molar-refractivity contribution in [1.29, 1.82) is 0 Å². The number of anilines is 1. The summed E-state index contributed by atoms with van der Waals surface area (Å²) in [6.45, 7) is 3.79. The summed E-state index contributed by atoms with van der Waals surface area (Å²) in [4.78, 5) is 40.7. The van der Waals surface area contributed by atoms with E-state index >= 15 is 0 Å². The molecule has 162 valence electrons. The van der Waals surface area contributed by atoms with Crippen LogP contribution in [0.5, 0.6) is 0 Å². The lowest BCUT2D eigenvalue weighted by Crippen LogP contribution is -2.55. The number of aryl methyl sites for hydroxylation is 1. The van der Waals surface area contributed by atoms with E-state index in [0.717, 1.165) is 26.9 Å². The van der Waals surface area contributed by atoms with E-state index in [0.29, 0.717) is 21.3 Å². The third-order valence-corrected chi connectivity index (χ3v) is 6.13. The largest absolute Gasteiger partial charge is 0.338 e. The molecule has 0 spiro atoms. The average Bonchev–Trinajstić information content (AvgIpc) is 3.05. The van der Waals surface area contributed by atoms with E-state index in [1.807, 2.05) is 30.5 Å². The van der Waals surface area contributed by atoms with Gasteiger partial charge in [0.15, 0.2) is 0 Å². The minimum absolute atomic E-state index is 0.0923. The van der Waals surface area contributed by atoms with Gasteiger partial charge in [0.2, 0.25) is 0 Å². The molecule has 0 radical (unpaired) electrons. The van der Waals surface area contributed by atoms with Crippen LogP contribution in [0.25, 0.3) is 11.8 Å². The van der Waals surface area contributed by atoms with Crippen LogP contribution in [-0.4, -0.2) is 34.4 Å². The summed E-state index contributed by atoms with van der Waals surface area (Å²) in [5, 5.41) is 0.875. The van der Waals surface area contributed by atoms with Gasteiger partial charge in [-0.25, -0.2) is 9.69 Å². The van der Waals surface area contributed by atoms with E-state index in [1.165, 1.54) is 13.1 Å². The Kier molecular flexibility index (Phi) is 5.67. The number of hydrogen-bond donors (Lipinski definition) is 0. The molecule has 0 bridgehead atoms. The Labute approximate surface area is 195 Å². The highest BCUT2D eigenvalue weighted by atomic mass is 35.5. The fourth-order valence-corrected chi connectivity index (χ4v) is 4.05. The van der Waals surface area contributed by atoms with Crippen molar-refractivity contribution in [3.63, 3.8) is 0 Å². The molecule has 2 aromatic carbocycles. The number of urea groups is 1. The van der Waals surface area contributed by atoms with Crippen LogP contribution in [0.1, 0.15) is 17.0 Å². The van der Waals surface area contributed by atoms with Crippen molar-refractivity contribution in [1.82, 2.24) is 9.47 Å². The zero-order valence-corrected chi connectivity index (χ0v) is 19.1. The zero-order chi connectivity index (χ0) is 23.2. The minimum Gasteiger partial charge on any atom is -0.318 e. The number of carbonyl (C=O) groups is 3. The molecule has 4 rings (SSSR count). The van der Waals surface area contributed by atoms with E-state index in [-0.39, 0.29) is 5.57 Å². The van der Waals surface area contributed by atoms with Gasteiger partial charge >= 0.3 is 6.03 Å². The standard InChI is InChI=1S/C24H19Cl2N3O3/c1-14-11-16(15(2)28(14)18-9-10-20(25)21(26)13-18)12-19-22(30)27(3)24(32)29(23(19)31)17-7-5-4-6-8-17/h4-13H,1-3H3/b19-12-. The second-order valence-corrected chi connectivity index (χ2v) is 8.26. The number of imide groups is 2. The Balaban J connectivity index is 1.80. The monoisotopic (exact) mass is 467 g/mol. The molecular formula is C24H19Cl2N3O3. The number of likely N-dealkylation sites (N-methyl/N-ethyl adjacent to an activating group) is 1. The van der Waals surface area contributed by atoms with Gasteiger partial charge in [0.05, 0.1) is 15.7 Å². The van der Waals surface area contributed by atoms with E-state index in [2.05, 4.69) is 0 Å². The quantitative estimate of drug-likeness (QED) is 0.382. The first-order chi connectivity index (χ1) is 15.2. The van der Waals surface area contributed by atoms with Gasteiger partial charge in [-0.15, -0.1) is 0 Å². The van der Waals surface area contributed by atoms with Crippen molar-refractivity contribution >= 4 is 52.8 Å². The van der Waals surface area contributed by atoms with Gasteiger partial charge in [0, 0.05) is 24.1 Å². The molecule has 1 aliphatic heterocycles. The highest BCUT2D eigenvalue weighted by Gasteiger charge is 2.41. The van der Waals surface area contributed by atoms with Gasteiger partial charge in [-0.3, -0.25) is 14.5 Å². The average molecular weight is 468 g/mol. The van der Waals surface area contributed by atoms with Crippen LogP contribution in [0.4, 0.5) is 10.5 Å². The molecule has 8 heteroatoms. The fraction of sp³-hybridized carbons (Fsp3) is 0.125. The summed E-state index contributed by atoms with van der Waals surface area (Å²) < 4.78 is 1.95. The Bertz CT molecular complexity index is 1300. The van der Waals surface area contributed by atoms with Crippen molar-refractivity contribution in [3.05, 3.63) is 87.2 Å². The SMILES string of the molecule is Cc1cc(/C=C2/C(=O)N(C)C(=O)N(c3ccccc3)C2=O)c(C)n1-c1ccc(Cl)c(Cl)c1. The number of aromatic nitrogens is 1. The van der Waals surface area contributed by atoms with Gasteiger partial charge in [-0.2, -0.15) is 0 Å². The van der Waals surface area contributed by atoms with Gasteiger partial charge in [-0.05, 0) is 61.9 Å². The van der Waals surface area contributed by atoms with Crippen molar-refractivity contribution in [2.75, 3.05) is 11.9 Å². The Morgan fingerprint density at radius 1 is 0.812 bits per heavy atom. The van der Waals surface area contributed by atoms with Crippen LogP contribution in [0.2, 0.25) is 10.0 Å². The van der Waals surface area contributed by atoms with Crippen LogP contribution in [-0.2, 0) is 9.59 Å². The molecule has 0 saturated carbocycles. The number of carbonyl (C=O) groups excluding carboxylic acids is 3. The molecule has 3 aromatic rings. The third kappa shape index (κ3) is 3.61. The fourth-order valence-electron chi connectivity index (χ4n) is 3.76. The maximum atomic E-state index is 13.2. The highest BCUT2D eigenvalue weighted by molar-refractivity contribution is 6.42. The van der Waals surface area contributed by atoms with Gasteiger partial charge in [0.25, 0.3) is 11.8 Å². The Morgan fingerprint density at radius 2 is 1.50 bits per heavy atom. The minimum atomic E-state index is -0.690. The molecule has 4 amide bonds.